The van der Waals surface area contributed by atoms with Gasteiger partial charge in [0.05, 0.1) is 27.8 Å². The number of alkyl halides is 3. The summed E-state index contributed by atoms with van der Waals surface area (Å²) in [6, 6.07) is 9.86. The van der Waals surface area contributed by atoms with Gasteiger partial charge in [0.15, 0.2) is 0 Å². The van der Waals surface area contributed by atoms with Crippen molar-refractivity contribution in [3.05, 3.63) is 68.9 Å². The van der Waals surface area contributed by atoms with Gasteiger partial charge in [0.25, 0.3) is 5.56 Å². The molecule has 0 aliphatic carbocycles. The van der Waals surface area contributed by atoms with Gasteiger partial charge in [0.1, 0.15) is 0 Å². The van der Waals surface area contributed by atoms with E-state index in [0.29, 0.717) is 29.7 Å². The number of aromatic amines is 1. The van der Waals surface area contributed by atoms with Crippen LogP contribution in [0.5, 0.6) is 0 Å². The lowest BCUT2D eigenvalue weighted by Crippen LogP contribution is -2.32. The molecule has 2 heterocycles. The summed E-state index contributed by atoms with van der Waals surface area (Å²) < 4.78 is 41.1. The number of aromatic nitrogens is 2. The van der Waals surface area contributed by atoms with Gasteiger partial charge < -0.3 is 10.2 Å². The van der Waals surface area contributed by atoms with Gasteiger partial charge in [-0.3, -0.25) is 19.1 Å². The van der Waals surface area contributed by atoms with Crippen molar-refractivity contribution in [2.75, 3.05) is 23.3 Å². The molecule has 0 unspecified atom stereocenters. The minimum absolute atomic E-state index is 0.0417. The predicted octanol–water partition coefficient (Wildman–Crippen LogP) is 3.73. The largest absolute Gasteiger partial charge is 0.416 e. The minimum atomic E-state index is -4.54. The number of carbonyl (C=O) groups is 1. The summed E-state index contributed by atoms with van der Waals surface area (Å²) in [4.78, 5) is 41.2. The highest BCUT2D eigenvalue weighted by molar-refractivity contribution is 5.94. The molecule has 2 aromatic carbocycles. The summed E-state index contributed by atoms with van der Waals surface area (Å²) in [7, 11) is 0. The Bertz CT molecular complexity index is 1290. The number of para-hydroxylation sites is 1. The quantitative estimate of drug-likeness (QED) is 0.608. The van der Waals surface area contributed by atoms with Crippen LogP contribution in [0.2, 0.25) is 0 Å². The average molecular weight is 460 g/mol. The van der Waals surface area contributed by atoms with Gasteiger partial charge in [-0.15, -0.1) is 0 Å². The molecule has 174 valence electrons. The zero-order chi connectivity index (χ0) is 23.6. The molecule has 0 radical (unpaired) electrons. The molecule has 4 rings (SSSR count). The lowest BCUT2D eigenvalue weighted by molar-refractivity contribution is -0.137. The van der Waals surface area contributed by atoms with Crippen LogP contribution in [0, 0.1) is 0 Å². The molecule has 3 aromatic rings. The van der Waals surface area contributed by atoms with E-state index in [-0.39, 0.29) is 18.7 Å². The zero-order valence-electron chi connectivity index (χ0n) is 17.7. The van der Waals surface area contributed by atoms with E-state index in [1.165, 1.54) is 10.6 Å². The van der Waals surface area contributed by atoms with E-state index >= 15 is 0 Å². The van der Waals surface area contributed by atoms with Crippen LogP contribution in [0.25, 0.3) is 10.9 Å². The molecular formula is C23H23F3N4O3. The number of rotatable bonds is 5. The van der Waals surface area contributed by atoms with Gasteiger partial charge in [-0.1, -0.05) is 12.1 Å². The van der Waals surface area contributed by atoms with E-state index in [4.69, 9.17) is 0 Å². The van der Waals surface area contributed by atoms with Crippen LogP contribution >= 0.6 is 0 Å². The first kappa shape index (κ1) is 22.6. The van der Waals surface area contributed by atoms with Crippen LogP contribution in [0.3, 0.4) is 0 Å². The number of fused-ring (bicyclic) bond motifs is 1. The summed E-state index contributed by atoms with van der Waals surface area (Å²) in [5.74, 6) is -0.533. The molecule has 0 bridgehead atoms. The SMILES string of the molecule is O=C(CCn1c(=O)[nH]c(=O)c2ccccc21)Nc1cc(C(F)(F)F)ccc1N1CCCCC1. The highest BCUT2D eigenvalue weighted by atomic mass is 19.4. The number of nitrogens with one attached hydrogen (secondary N) is 2. The smallest absolute Gasteiger partial charge is 0.370 e. The molecule has 0 atom stereocenters. The Balaban J connectivity index is 1.58. The Morgan fingerprint density at radius 2 is 1.76 bits per heavy atom. The predicted molar refractivity (Wildman–Crippen MR) is 120 cm³/mol. The second-order valence-corrected chi connectivity index (χ2v) is 8.00. The van der Waals surface area contributed by atoms with Crippen LogP contribution < -0.4 is 21.5 Å². The standard InChI is InChI=1S/C23H23F3N4O3/c24-23(25,26)15-8-9-19(29-11-4-1-5-12-29)17(14-15)27-20(31)10-13-30-18-7-3-2-6-16(18)21(32)28-22(30)33/h2-3,6-9,14H,1,4-5,10-13H2,(H,27,31)(H,28,32,33). The van der Waals surface area contributed by atoms with Crippen LogP contribution in [0.1, 0.15) is 31.2 Å². The Labute approximate surface area is 186 Å². The van der Waals surface area contributed by atoms with Crippen LogP contribution in [-0.4, -0.2) is 28.5 Å². The number of amides is 1. The van der Waals surface area contributed by atoms with Gasteiger partial charge >= 0.3 is 11.9 Å². The second-order valence-electron chi connectivity index (χ2n) is 8.00. The van der Waals surface area contributed by atoms with Gasteiger partial charge in [0.2, 0.25) is 5.91 Å². The number of H-pyrrole nitrogens is 1. The van der Waals surface area contributed by atoms with E-state index in [1.807, 2.05) is 4.90 Å². The summed E-state index contributed by atoms with van der Waals surface area (Å²) in [6.07, 6.45) is -1.79. The highest BCUT2D eigenvalue weighted by Crippen LogP contribution is 2.36. The number of nitrogens with zero attached hydrogens (tertiary/aromatic N) is 2. The number of anilines is 2. The first-order valence-corrected chi connectivity index (χ1v) is 10.7. The Morgan fingerprint density at radius 3 is 2.48 bits per heavy atom. The van der Waals surface area contributed by atoms with E-state index in [9.17, 15) is 27.6 Å². The monoisotopic (exact) mass is 460 g/mol. The number of benzene rings is 2. The van der Waals surface area contributed by atoms with Crippen LogP contribution in [0.15, 0.2) is 52.1 Å². The molecule has 1 aromatic heterocycles. The third-order valence-corrected chi connectivity index (χ3v) is 5.76. The molecule has 33 heavy (non-hydrogen) atoms. The van der Waals surface area contributed by atoms with Crippen molar-refractivity contribution in [1.29, 1.82) is 0 Å². The first-order chi connectivity index (χ1) is 15.7. The van der Waals surface area contributed by atoms with Crippen molar-refractivity contribution in [3.63, 3.8) is 0 Å². The van der Waals surface area contributed by atoms with Crippen molar-refractivity contribution in [2.45, 2.75) is 38.4 Å². The molecule has 7 nitrogen and oxygen atoms in total. The number of hydrogen-bond acceptors (Lipinski definition) is 4. The summed E-state index contributed by atoms with van der Waals surface area (Å²) in [6.45, 7) is 1.36. The maximum Gasteiger partial charge on any atom is 0.416 e. The number of aryl methyl sites for hydroxylation is 1. The molecule has 10 heteroatoms. The fraction of sp³-hybridized carbons (Fsp3) is 0.348. The van der Waals surface area contributed by atoms with Gasteiger partial charge in [0, 0.05) is 26.1 Å². The summed E-state index contributed by atoms with van der Waals surface area (Å²) in [5, 5.41) is 2.91. The molecule has 0 spiro atoms. The lowest BCUT2D eigenvalue weighted by Gasteiger charge is -2.31. The Morgan fingerprint density at radius 1 is 1.03 bits per heavy atom. The molecule has 0 saturated carbocycles. The molecule has 1 fully saturated rings. The third kappa shape index (κ3) is 4.94. The molecule has 1 saturated heterocycles. The summed E-state index contributed by atoms with van der Waals surface area (Å²) >= 11 is 0. The van der Waals surface area contributed by atoms with Gasteiger partial charge in [-0.05, 0) is 49.6 Å². The van der Waals surface area contributed by atoms with Crippen molar-refractivity contribution in [1.82, 2.24) is 9.55 Å². The Kier molecular flexibility index (Phi) is 6.26. The maximum absolute atomic E-state index is 13.3. The number of piperidine rings is 1. The van der Waals surface area contributed by atoms with E-state index < -0.39 is 28.9 Å². The van der Waals surface area contributed by atoms with E-state index in [2.05, 4.69) is 10.3 Å². The highest BCUT2D eigenvalue weighted by Gasteiger charge is 2.32. The first-order valence-electron chi connectivity index (χ1n) is 10.7. The third-order valence-electron chi connectivity index (χ3n) is 5.76. The van der Waals surface area contributed by atoms with Crippen molar-refractivity contribution in [3.8, 4) is 0 Å². The van der Waals surface area contributed by atoms with Crippen molar-refractivity contribution < 1.29 is 18.0 Å². The lowest BCUT2D eigenvalue weighted by atomic mass is 10.1. The van der Waals surface area contributed by atoms with Gasteiger partial charge in [-0.2, -0.15) is 13.2 Å². The second kappa shape index (κ2) is 9.13. The van der Waals surface area contributed by atoms with E-state index in [0.717, 1.165) is 31.4 Å². The molecule has 2 N–H and O–H groups in total. The molecule has 1 aliphatic heterocycles. The molecular weight excluding hydrogens is 437 g/mol. The van der Waals surface area contributed by atoms with Crippen LogP contribution in [-0.2, 0) is 17.5 Å². The maximum atomic E-state index is 13.3. The van der Waals surface area contributed by atoms with E-state index in [1.54, 1.807) is 24.3 Å². The zero-order valence-corrected chi connectivity index (χ0v) is 17.7. The fourth-order valence-electron chi connectivity index (χ4n) is 4.11. The fourth-order valence-corrected chi connectivity index (χ4v) is 4.11. The van der Waals surface area contributed by atoms with Crippen molar-refractivity contribution in [2.24, 2.45) is 0 Å². The van der Waals surface area contributed by atoms with Crippen molar-refractivity contribution >= 4 is 28.2 Å². The number of carbonyl (C=O) groups excluding carboxylic acids is 1. The number of halogens is 3. The van der Waals surface area contributed by atoms with Crippen LogP contribution in [0.4, 0.5) is 24.5 Å². The topological polar surface area (TPSA) is 87.2 Å². The number of hydrogen-bond donors (Lipinski definition) is 2. The molecule has 1 aliphatic rings. The Hall–Kier alpha value is -3.56. The van der Waals surface area contributed by atoms with Gasteiger partial charge in [-0.25, -0.2) is 4.79 Å². The average Bonchev–Trinajstić information content (AvgIpc) is 2.79. The normalized spacial score (nSPS) is 14.5. The minimum Gasteiger partial charge on any atom is -0.370 e. The summed E-state index contributed by atoms with van der Waals surface area (Å²) in [5.41, 5.74) is -1.00. The molecule has 1 amide bonds.